The van der Waals surface area contributed by atoms with Gasteiger partial charge in [-0.3, -0.25) is 14.4 Å². The lowest BCUT2D eigenvalue weighted by Gasteiger charge is -2.18. The van der Waals surface area contributed by atoms with Gasteiger partial charge in [0.25, 0.3) is 0 Å². The Morgan fingerprint density at radius 2 is 0.434 bits per heavy atom. The van der Waals surface area contributed by atoms with Crippen molar-refractivity contribution in [3.8, 4) is 0 Å². The number of esters is 3. The quantitative estimate of drug-likeness (QED) is 0.0261. The van der Waals surface area contributed by atoms with Crippen molar-refractivity contribution in [2.45, 2.75) is 297 Å². The zero-order chi connectivity index (χ0) is 59.9. The first-order chi connectivity index (χ1) is 41.0. The van der Waals surface area contributed by atoms with Gasteiger partial charge in [-0.05, 0) is 141 Å². The maximum Gasteiger partial charge on any atom is 0.306 e. The van der Waals surface area contributed by atoms with E-state index in [9.17, 15) is 14.4 Å². The van der Waals surface area contributed by atoms with Crippen molar-refractivity contribution in [3.05, 3.63) is 158 Å². The Labute approximate surface area is 511 Å². The molecule has 0 saturated carbocycles. The molecule has 1 atom stereocenters. The van der Waals surface area contributed by atoms with Gasteiger partial charge in [0.05, 0.1) is 0 Å². The lowest BCUT2D eigenvalue weighted by molar-refractivity contribution is -0.167. The van der Waals surface area contributed by atoms with Gasteiger partial charge in [0.2, 0.25) is 0 Å². The predicted octanol–water partition coefficient (Wildman–Crippen LogP) is 23.7. The smallest absolute Gasteiger partial charge is 0.306 e. The monoisotopic (exact) mass is 1140 g/mol. The van der Waals surface area contributed by atoms with Crippen LogP contribution in [0.15, 0.2) is 158 Å². The minimum absolute atomic E-state index is 0.104. The summed E-state index contributed by atoms with van der Waals surface area (Å²) in [4.78, 5) is 38.4. The van der Waals surface area contributed by atoms with E-state index in [1.54, 1.807) is 0 Å². The van der Waals surface area contributed by atoms with E-state index in [-0.39, 0.29) is 37.5 Å². The van der Waals surface area contributed by atoms with E-state index in [0.717, 1.165) is 154 Å². The van der Waals surface area contributed by atoms with Crippen molar-refractivity contribution in [3.63, 3.8) is 0 Å². The Morgan fingerprint density at radius 1 is 0.241 bits per heavy atom. The Bertz CT molecular complexity index is 1840. The lowest BCUT2D eigenvalue weighted by atomic mass is 10.0. The molecule has 0 aliphatic heterocycles. The summed E-state index contributed by atoms with van der Waals surface area (Å²) in [6.07, 6.45) is 101. The fraction of sp³-hybridized carbons (Fsp3) is 0.623. The molecule has 1 unspecified atom stereocenters. The zero-order valence-electron chi connectivity index (χ0n) is 53.7. The van der Waals surface area contributed by atoms with Gasteiger partial charge >= 0.3 is 17.9 Å². The number of hydrogen-bond donors (Lipinski definition) is 0. The third-order valence-electron chi connectivity index (χ3n) is 14.0. The van der Waals surface area contributed by atoms with E-state index < -0.39 is 6.10 Å². The third-order valence-corrected chi connectivity index (χ3v) is 14.0. The molecule has 0 N–H and O–H groups in total. The average Bonchev–Trinajstić information content (AvgIpc) is 3.49. The number of hydrogen-bond acceptors (Lipinski definition) is 6. The van der Waals surface area contributed by atoms with Crippen LogP contribution in [-0.4, -0.2) is 37.2 Å². The molecule has 0 aliphatic carbocycles. The van der Waals surface area contributed by atoms with E-state index in [1.807, 2.05) is 0 Å². The molecular formula is C77H124O6. The Kier molecular flexibility index (Phi) is 65.4. The number of carbonyl (C=O) groups excluding carboxylic acids is 3. The second-order valence-corrected chi connectivity index (χ2v) is 21.9. The predicted molar refractivity (Wildman–Crippen MR) is 362 cm³/mol. The van der Waals surface area contributed by atoms with Gasteiger partial charge in [0.1, 0.15) is 13.2 Å². The van der Waals surface area contributed by atoms with E-state index in [4.69, 9.17) is 14.2 Å². The van der Waals surface area contributed by atoms with Gasteiger partial charge < -0.3 is 14.2 Å². The summed E-state index contributed by atoms with van der Waals surface area (Å²) in [6.45, 7) is 6.26. The van der Waals surface area contributed by atoms with E-state index >= 15 is 0 Å². The molecule has 83 heavy (non-hydrogen) atoms. The van der Waals surface area contributed by atoms with Crippen LogP contribution in [0.4, 0.5) is 0 Å². The summed E-state index contributed by atoms with van der Waals surface area (Å²) in [5, 5.41) is 0. The number of allylic oxidation sites excluding steroid dienone is 26. The first-order valence-electron chi connectivity index (χ1n) is 34.0. The van der Waals surface area contributed by atoms with Gasteiger partial charge in [-0.25, -0.2) is 0 Å². The van der Waals surface area contributed by atoms with Crippen LogP contribution in [0.5, 0.6) is 0 Å². The maximum absolute atomic E-state index is 12.9. The van der Waals surface area contributed by atoms with Crippen molar-refractivity contribution in [1.29, 1.82) is 0 Å². The number of rotatable bonds is 60. The standard InChI is InChI=1S/C77H124O6/c1-4-7-10-13-16-19-22-25-28-31-33-34-35-36-37-38-39-40-41-42-44-46-49-52-55-58-61-64-67-70-76(79)82-73-74(72-81-75(78)69-66-63-60-57-54-51-48-45-30-27-24-21-18-15-12-9-6-3)83-77(80)71-68-65-62-59-56-53-50-47-43-32-29-26-23-20-17-14-11-8-5-2/h7-12,16-21,25-30,33-34,43,47-48,51,53,56,74H,4-6,13-15,22-24,31-32,35-42,44-46,49-50,52,54-55,57-73H2,1-3H3/b10-7-,11-8-,12-9-,19-16-,20-17-,21-18-,28-25-,29-26-,30-27-,34-33-,47-43-,51-48-,56-53-. The summed E-state index contributed by atoms with van der Waals surface area (Å²) < 4.78 is 16.9. The highest BCUT2D eigenvalue weighted by Crippen LogP contribution is 2.16. The van der Waals surface area contributed by atoms with Gasteiger partial charge in [-0.1, -0.05) is 288 Å². The number of unbranched alkanes of at least 4 members (excludes halogenated alkanes) is 23. The highest BCUT2D eigenvalue weighted by atomic mass is 16.6. The molecule has 0 rings (SSSR count). The molecule has 0 bridgehead atoms. The summed E-state index contributed by atoms with van der Waals surface area (Å²) in [6, 6.07) is 0. The normalized spacial score (nSPS) is 13.1. The molecule has 0 aliphatic rings. The molecule has 0 aromatic carbocycles. The van der Waals surface area contributed by atoms with Gasteiger partial charge in [-0.15, -0.1) is 0 Å². The number of ether oxygens (including phenoxy) is 3. The maximum atomic E-state index is 12.9. The second kappa shape index (κ2) is 69.5. The number of carbonyl (C=O) groups is 3. The molecule has 0 heterocycles. The fourth-order valence-corrected chi connectivity index (χ4v) is 9.04. The zero-order valence-corrected chi connectivity index (χ0v) is 53.7. The summed E-state index contributed by atoms with van der Waals surface area (Å²) >= 11 is 0. The summed E-state index contributed by atoms with van der Waals surface area (Å²) in [7, 11) is 0. The first-order valence-corrected chi connectivity index (χ1v) is 34.0. The highest BCUT2D eigenvalue weighted by Gasteiger charge is 2.19. The molecule has 0 aromatic rings. The SMILES string of the molecule is CC/C=C\C/C=C\C/C=C\C/C=C\C/C=C\CCCCCC(=O)OC(COC(=O)CCCCCC/C=C\C/C=C\C/C=C\C/C=C\CC)COC(=O)CCCCCCCCCCCCCCCCCC/C=C\C/C=C\C/C=C\C/C=C\CC. The molecule has 0 aromatic heterocycles. The fourth-order valence-electron chi connectivity index (χ4n) is 9.04. The summed E-state index contributed by atoms with van der Waals surface area (Å²) in [5.41, 5.74) is 0. The molecule has 0 spiro atoms. The highest BCUT2D eigenvalue weighted by molar-refractivity contribution is 5.71. The van der Waals surface area contributed by atoms with Crippen LogP contribution in [0, 0.1) is 0 Å². The van der Waals surface area contributed by atoms with Crippen molar-refractivity contribution < 1.29 is 28.6 Å². The molecular weight excluding hydrogens is 1020 g/mol. The molecule has 0 amide bonds. The van der Waals surface area contributed by atoms with Crippen LogP contribution in [0.3, 0.4) is 0 Å². The molecule has 468 valence electrons. The van der Waals surface area contributed by atoms with Gasteiger partial charge in [0, 0.05) is 19.3 Å². The van der Waals surface area contributed by atoms with E-state index in [2.05, 4.69) is 179 Å². The van der Waals surface area contributed by atoms with Crippen LogP contribution in [0.2, 0.25) is 0 Å². The molecule has 0 saturated heterocycles. The molecule has 0 radical (unpaired) electrons. The van der Waals surface area contributed by atoms with Gasteiger partial charge in [0.15, 0.2) is 6.10 Å². The van der Waals surface area contributed by atoms with Crippen LogP contribution in [0.1, 0.15) is 290 Å². The van der Waals surface area contributed by atoms with E-state index in [1.165, 1.54) is 89.9 Å². The van der Waals surface area contributed by atoms with Crippen molar-refractivity contribution in [1.82, 2.24) is 0 Å². The molecule has 6 nitrogen and oxygen atoms in total. The van der Waals surface area contributed by atoms with E-state index in [0.29, 0.717) is 19.3 Å². The second-order valence-electron chi connectivity index (χ2n) is 21.9. The van der Waals surface area contributed by atoms with Crippen LogP contribution < -0.4 is 0 Å². The first kappa shape index (κ1) is 78.0. The van der Waals surface area contributed by atoms with Crippen molar-refractivity contribution in [2.75, 3.05) is 13.2 Å². The van der Waals surface area contributed by atoms with Crippen LogP contribution >= 0.6 is 0 Å². The minimum atomic E-state index is -0.814. The summed E-state index contributed by atoms with van der Waals surface area (Å²) in [5.74, 6) is -0.959. The van der Waals surface area contributed by atoms with Crippen molar-refractivity contribution in [2.24, 2.45) is 0 Å². The Hall–Kier alpha value is -4.97. The Morgan fingerprint density at radius 3 is 0.687 bits per heavy atom. The molecule has 6 heteroatoms. The largest absolute Gasteiger partial charge is 0.462 e. The van der Waals surface area contributed by atoms with Crippen LogP contribution in [0.25, 0.3) is 0 Å². The topological polar surface area (TPSA) is 78.9 Å². The molecule has 0 fully saturated rings. The third kappa shape index (κ3) is 67.7. The van der Waals surface area contributed by atoms with Crippen molar-refractivity contribution >= 4 is 17.9 Å². The van der Waals surface area contributed by atoms with Gasteiger partial charge in [-0.2, -0.15) is 0 Å². The Balaban J connectivity index is 4.39. The average molecular weight is 1150 g/mol. The lowest BCUT2D eigenvalue weighted by Crippen LogP contribution is -2.30. The van der Waals surface area contributed by atoms with Crippen LogP contribution in [-0.2, 0) is 28.6 Å². The minimum Gasteiger partial charge on any atom is -0.462 e.